The minimum atomic E-state index is -3.15. The van der Waals surface area contributed by atoms with Crippen molar-refractivity contribution in [2.24, 2.45) is 5.92 Å². The van der Waals surface area contributed by atoms with Crippen molar-refractivity contribution in [2.45, 2.75) is 39.7 Å². The molecule has 1 unspecified atom stereocenters. The van der Waals surface area contributed by atoms with Crippen molar-refractivity contribution in [3.8, 4) is 0 Å². The first-order valence-electron chi connectivity index (χ1n) is 5.23. The maximum Gasteiger partial charge on any atom is 0.279 e. The average Bonchev–Trinajstić information content (AvgIpc) is 2.37. The van der Waals surface area contributed by atoms with Gasteiger partial charge >= 0.3 is 0 Å². The summed E-state index contributed by atoms with van der Waals surface area (Å²) in [5, 5.41) is 0. The molecule has 1 rings (SSSR count). The molecule has 1 atom stereocenters. The maximum atomic E-state index is 11.5. The molecule has 1 fully saturated rings. The third-order valence-corrected chi connectivity index (χ3v) is 4.31. The van der Waals surface area contributed by atoms with Gasteiger partial charge in [0.2, 0.25) is 0 Å². The van der Waals surface area contributed by atoms with Crippen molar-refractivity contribution >= 4 is 10.2 Å². The highest BCUT2D eigenvalue weighted by Crippen LogP contribution is 2.18. The summed E-state index contributed by atoms with van der Waals surface area (Å²) in [6.07, 6.45) is 2.04. The fourth-order valence-electron chi connectivity index (χ4n) is 1.78. The summed E-state index contributed by atoms with van der Waals surface area (Å²) in [6.45, 7) is 7.34. The van der Waals surface area contributed by atoms with Gasteiger partial charge < -0.3 is 0 Å². The fraction of sp³-hybridized carbons (Fsp3) is 1.00. The van der Waals surface area contributed by atoms with Crippen LogP contribution in [0.2, 0.25) is 0 Å². The van der Waals surface area contributed by atoms with Gasteiger partial charge in [0.1, 0.15) is 0 Å². The molecule has 0 aliphatic carbocycles. The minimum absolute atomic E-state index is 0.160. The first-order chi connectivity index (χ1) is 6.47. The van der Waals surface area contributed by atoms with Gasteiger partial charge in [0.15, 0.2) is 0 Å². The van der Waals surface area contributed by atoms with Crippen LogP contribution < -0.4 is 4.72 Å². The van der Waals surface area contributed by atoms with E-state index in [4.69, 9.17) is 0 Å². The van der Waals surface area contributed by atoms with E-state index in [2.05, 4.69) is 18.6 Å². The van der Waals surface area contributed by atoms with Crippen LogP contribution in [0.3, 0.4) is 0 Å². The van der Waals surface area contributed by atoms with Gasteiger partial charge in [-0.3, -0.25) is 0 Å². The lowest BCUT2D eigenvalue weighted by Crippen LogP contribution is -2.34. The van der Waals surface area contributed by atoms with Gasteiger partial charge in [0.25, 0.3) is 10.2 Å². The third kappa shape index (κ3) is 2.68. The van der Waals surface area contributed by atoms with E-state index in [9.17, 15) is 8.42 Å². The highest BCUT2D eigenvalue weighted by Gasteiger charge is 2.35. The largest absolute Gasteiger partial charge is 0.279 e. The smallest absolute Gasteiger partial charge is 0.200 e. The van der Waals surface area contributed by atoms with E-state index in [-0.39, 0.29) is 6.04 Å². The predicted molar refractivity (Wildman–Crippen MR) is 57.2 cm³/mol. The lowest BCUT2D eigenvalue weighted by Gasteiger charge is -2.20. The van der Waals surface area contributed by atoms with E-state index < -0.39 is 10.2 Å². The number of nitrogens with zero attached hydrogens (tertiary/aromatic N) is 1. The van der Waals surface area contributed by atoms with Gasteiger partial charge in [-0.15, -0.1) is 0 Å². The van der Waals surface area contributed by atoms with E-state index in [0.29, 0.717) is 19.0 Å². The molecule has 4 nitrogen and oxygen atoms in total. The van der Waals surface area contributed by atoms with Crippen LogP contribution in [0.15, 0.2) is 0 Å². The summed E-state index contributed by atoms with van der Waals surface area (Å²) >= 11 is 0. The van der Waals surface area contributed by atoms with Crippen LogP contribution in [0.4, 0.5) is 0 Å². The Kier molecular flexibility index (Phi) is 3.92. The van der Waals surface area contributed by atoms with Crippen LogP contribution in [0.5, 0.6) is 0 Å². The molecule has 1 N–H and O–H groups in total. The highest BCUT2D eigenvalue weighted by atomic mass is 32.2. The zero-order valence-corrected chi connectivity index (χ0v) is 9.97. The first kappa shape index (κ1) is 11.9. The second kappa shape index (κ2) is 4.59. The Labute approximate surface area is 86.9 Å². The maximum absolute atomic E-state index is 11.5. The Morgan fingerprint density at radius 2 is 2.14 bits per heavy atom. The Bertz CT molecular complexity index is 275. The molecule has 84 valence electrons. The normalized spacial score (nSPS) is 27.3. The van der Waals surface area contributed by atoms with Crippen molar-refractivity contribution in [3.05, 3.63) is 0 Å². The zero-order chi connectivity index (χ0) is 10.8. The lowest BCUT2D eigenvalue weighted by molar-refractivity contribution is 0.331. The van der Waals surface area contributed by atoms with E-state index in [0.717, 1.165) is 12.8 Å². The van der Waals surface area contributed by atoms with Crippen molar-refractivity contribution in [3.63, 3.8) is 0 Å². The van der Waals surface area contributed by atoms with Crippen LogP contribution in [0.1, 0.15) is 33.6 Å². The van der Waals surface area contributed by atoms with Crippen LogP contribution in [-0.2, 0) is 10.2 Å². The number of likely N-dealkylation sites (N-methyl/N-ethyl adjacent to an activating group) is 1. The molecule has 1 heterocycles. The van der Waals surface area contributed by atoms with Gasteiger partial charge in [-0.25, -0.2) is 4.72 Å². The number of hydrogen-bond donors (Lipinski definition) is 1. The Balaban J connectivity index is 2.55. The molecule has 0 aromatic rings. The molecule has 0 saturated carbocycles. The van der Waals surface area contributed by atoms with Crippen LogP contribution in [0.25, 0.3) is 0 Å². The SMILES string of the molecule is CCN1C(CCC(C)C)CNS1(=O)=O. The summed E-state index contributed by atoms with van der Waals surface area (Å²) in [5.41, 5.74) is 0. The topological polar surface area (TPSA) is 49.4 Å². The van der Waals surface area contributed by atoms with Gasteiger partial charge in [-0.2, -0.15) is 12.7 Å². The third-order valence-electron chi connectivity index (χ3n) is 2.61. The molecule has 5 heteroatoms. The molecule has 1 aliphatic heterocycles. The van der Waals surface area contributed by atoms with Crippen molar-refractivity contribution in [2.75, 3.05) is 13.1 Å². The quantitative estimate of drug-likeness (QED) is 0.767. The minimum Gasteiger partial charge on any atom is -0.200 e. The van der Waals surface area contributed by atoms with E-state index in [1.807, 2.05) is 6.92 Å². The molecule has 1 saturated heterocycles. The van der Waals surface area contributed by atoms with Crippen LogP contribution in [0, 0.1) is 5.92 Å². The molecule has 1 aliphatic rings. The molecular formula is C9H20N2O2S. The summed E-state index contributed by atoms with van der Waals surface area (Å²) in [7, 11) is -3.15. The second-order valence-corrected chi connectivity index (χ2v) is 5.89. The van der Waals surface area contributed by atoms with E-state index in [1.54, 1.807) is 4.31 Å². The summed E-state index contributed by atoms with van der Waals surface area (Å²) < 4.78 is 27.1. The summed E-state index contributed by atoms with van der Waals surface area (Å²) in [4.78, 5) is 0. The number of hydrogen-bond acceptors (Lipinski definition) is 2. The molecule has 0 spiro atoms. The molecule has 0 aromatic heterocycles. The van der Waals surface area contributed by atoms with Crippen LogP contribution in [-0.4, -0.2) is 31.9 Å². The summed E-state index contributed by atoms with van der Waals surface area (Å²) in [6, 6.07) is 0.160. The van der Waals surface area contributed by atoms with Crippen LogP contribution >= 0.6 is 0 Å². The fourth-order valence-corrected chi connectivity index (χ4v) is 3.26. The van der Waals surface area contributed by atoms with E-state index in [1.165, 1.54) is 0 Å². The van der Waals surface area contributed by atoms with Crippen molar-refractivity contribution < 1.29 is 8.42 Å². The molecule has 0 bridgehead atoms. The Morgan fingerprint density at radius 1 is 1.50 bits per heavy atom. The van der Waals surface area contributed by atoms with Gasteiger partial charge in [0, 0.05) is 19.1 Å². The van der Waals surface area contributed by atoms with Gasteiger partial charge in [-0.1, -0.05) is 20.8 Å². The number of rotatable bonds is 4. The van der Waals surface area contributed by atoms with Crippen molar-refractivity contribution in [1.29, 1.82) is 0 Å². The molecule has 0 amide bonds. The Morgan fingerprint density at radius 3 is 2.64 bits per heavy atom. The second-order valence-electron chi connectivity index (χ2n) is 4.18. The van der Waals surface area contributed by atoms with E-state index >= 15 is 0 Å². The predicted octanol–water partition coefficient (Wildman–Crippen LogP) is 0.961. The average molecular weight is 220 g/mol. The summed E-state index contributed by atoms with van der Waals surface area (Å²) in [5.74, 6) is 0.636. The highest BCUT2D eigenvalue weighted by molar-refractivity contribution is 7.87. The lowest BCUT2D eigenvalue weighted by atomic mass is 10.0. The number of nitrogens with one attached hydrogen (secondary N) is 1. The molecule has 0 aromatic carbocycles. The Hall–Kier alpha value is -0.130. The monoisotopic (exact) mass is 220 g/mol. The van der Waals surface area contributed by atoms with Gasteiger partial charge in [0.05, 0.1) is 0 Å². The van der Waals surface area contributed by atoms with Crippen molar-refractivity contribution in [1.82, 2.24) is 9.03 Å². The van der Waals surface area contributed by atoms with Gasteiger partial charge in [-0.05, 0) is 18.8 Å². The first-order valence-corrected chi connectivity index (χ1v) is 6.67. The standard InChI is InChI=1S/C9H20N2O2S/c1-4-11-9(6-5-8(2)3)7-10-14(11,12)13/h8-10H,4-7H2,1-3H3. The molecule has 14 heavy (non-hydrogen) atoms. The molecule has 0 radical (unpaired) electrons. The zero-order valence-electron chi connectivity index (χ0n) is 9.16. The molecular weight excluding hydrogens is 200 g/mol.